The van der Waals surface area contributed by atoms with Crippen molar-refractivity contribution in [2.45, 2.75) is 36.8 Å². The summed E-state index contributed by atoms with van der Waals surface area (Å²) < 4.78 is 45.7. The Labute approximate surface area is 153 Å². The molecule has 0 saturated carbocycles. The van der Waals surface area contributed by atoms with Crippen LogP contribution in [0.25, 0.3) is 0 Å². The molecule has 142 valence electrons. The SMILES string of the molecule is COc1ccc(OC)c(S(=O)(=O)Nc2cnn(CC3CCCCO3)c2)c1. The van der Waals surface area contributed by atoms with Crippen LogP contribution < -0.4 is 14.2 Å². The average molecular weight is 381 g/mol. The molecular weight excluding hydrogens is 358 g/mol. The summed E-state index contributed by atoms with van der Waals surface area (Å²) in [6, 6.07) is 4.61. The summed E-state index contributed by atoms with van der Waals surface area (Å²) in [7, 11) is -0.953. The number of anilines is 1. The minimum Gasteiger partial charge on any atom is -0.497 e. The van der Waals surface area contributed by atoms with E-state index in [9.17, 15) is 8.42 Å². The van der Waals surface area contributed by atoms with Gasteiger partial charge in [0, 0.05) is 18.9 Å². The average Bonchev–Trinajstić information content (AvgIpc) is 3.08. The van der Waals surface area contributed by atoms with Gasteiger partial charge in [-0.3, -0.25) is 9.40 Å². The summed E-state index contributed by atoms with van der Waals surface area (Å²) in [6.07, 6.45) is 6.47. The lowest BCUT2D eigenvalue weighted by Crippen LogP contribution is -2.24. The molecule has 1 aromatic heterocycles. The van der Waals surface area contributed by atoms with Crippen LogP contribution >= 0.6 is 0 Å². The first-order valence-electron chi connectivity index (χ1n) is 8.41. The molecule has 8 nitrogen and oxygen atoms in total. The summed E-state index contributed by atoms with van der Waals surface area (Å²) in [5, 5.41) is 4.22. The van der Waals surface area contributed by atoms with Gasteiger partial charge in [-0.1, -0.05) is 0 Å². The number of ether oxygens (including phenoxy) is 3. The Morgan fingerprint density at radius 2 is 2.15 bits per heavy atom. The van der Waals surface area contributed by atoms with Crippen LogP contribution in [0.4, 0.5) is 5.69 Å². The van der Waals surface area contributed by atoms with Gasteiger partial charge in [-0.2, -0.15) is 5.10 Å². The Bertz CT molecular complexity index is 844. The number of methoxy groups -OCH3 is 2. The summed E-state index contributed by atoms with van der Waals surface area (Å²) in [5.41, 5.74) is 0.380. The summed E-state index contributed by atoms with van der Waals surface area (Å²) in [4.78, 5) is 0.00251. The van der Waals surface area contributed by atoms with Gasteiger partial charge in [-0.15, -0.1) is 0 Å². The monoisotopic (exact) mass is 381 g/mol. The second-order valence-electron chi connectivity index (χ2n) is 6.06. The minimum absolute atomic E-state index is 0.00251. The van der Waals surface area contributed by atoms with Crippen molar-refractivity contribution in [3.05, 3.63) is 30.6 Å². The van der Waals surface area contributed by atoms with Crippen molar-refractivity contribution < 1.29 is 22.6 Å². The zero-order valence-electron chi connectivity index (χ0n) is 14.8. The lowest BCUT2D eigenvalue weighted by molar-refractivity contribution is 0.00401. The fourth-order valence-corrected chi connectivity index (χ4v) is 4.09. The summed E-state index contributed by atoms with van der Waals surface area (Å²) in [6.45, 7) is 1.37. The molecule has 9 heteroatoms. The van der Waals surface area contributed by atoms with Gasteiger partial charge < -0.3 is 14.2 Å². The van der Waals surface area contributed by atoms with Gasteiger partial charge >= 0.3 is 0 Å². The molecule has 26 heavy (non-hydrogen) atoms. The predicted molar refractivity (Wildman–Crippen MR) is 96.2 cm³/mol. The topological polar surface area (TPSA) is 91.7 Å². The van der Waals surface area contributed by atoms with Gasteiger partial charge in [0.25, 0.3) is 10.0 Å². The molecule has 3 rings (SSSR count). The first kappa shape index (κ1) is 18.5. The molecule has 1 atom stereocenters. The highest BCUT2D eigenvalue weighted by atomic mass is 32.2. The molecule has 1 aliphatic heterocycles. The second kappa shape index (κ2) is 7.96. The highest BCUT2D eigenvalue weighted by Crippen LogP contribution is 2.29. The molecule has 0 radical (unpaired) electrons. The number of nitrogens with zero attached hydrogens (tertiary/aromatic N) is 2. The normalized spacial score (nSPS) is 17.7. The van der Waals surface area contributed by atoms with Crippen molar-refractivity contribution >= 4 is 15.7 Å². The van der Waals surface area contributed by atoms with Gasteiger partial charge in [0.05, 0.1) is 38.8 Å². The third kappa shape index (κ3) is 4.28. The molecular formula is C17H23N3O5S. The van der Waals surface area contributed by atoms with Gasteiger partial charge in [-0.25, -0.2) is 8.42 Å². The van der Waals surface area contributed by atoms with Gasteiger partial charge in [0.1, 0.15) is 16.4 Å². The molecule has 1 aliphatic rings. The van der Waals surface area contributed by atoms with Crippen molar-refractivity contribution in [2.24, 2.45) is 0 Å². The van der Waals surface area contributed by atoms with Crippen LogP contribution in [0.2, 0.25) is 0 Å². The maximum atomic E-state index is 12.7. The molecule has 1 N–H and O–H groups in total. The van der Waals surface area contributed by atoms with Crippen LogP contribution in [0, 0.1) is 0 Å². The van der Waals surface area contributed by atoms with E-state index < -0.39 is 10.0 Å². The molecule has 2 heterocycles. The molecule has 2 aromatic rings. The number of sulfonamides is 1. The van der Waals surface area contributed by atoms with E-state index in [2.05, 4.69) is 9.82 Å². The van der Waals surface area contributed by atoms with E-state index in [0.29, 0.717) is 18.0 Å². The fraction of sp³-hybridized carbons (Fsp3) is 0.471. The first-order chi connectivity index (χ1) is 12.5. The molecule has 0 aliphatic carbocycles. The Morgan fingerprint density at radius 3 is 2.85 bits per heavy atom. The highest BCUT2D eigenvalue weighted by molar-refractivity contribution is 7.92. The number of rotatable bonds is 7. The van der Waals surface area contributed by atoms with Gasteiger partial charge in [0.2, 0.25) is 0 Å². The maximum absolute atomic E-state index is 12.7. The van der Waals surface area contributed by atoms with E-state index >= 15 is 0 Å². The summed E-state index contributed by atoms with van der Waals surface area (Å²) >= 11 is 0. The van der Waals surface area contributed by atoms with Crippen molar-refractivity contribution in [3.8, 4) is 11.5 Å². The third-order valence-electron chi connectivity index (χ3n) is 4.21. The highest BCUT2D eigenvalue weighted by Gasteiger charge is 2.22. The van der Waals surface area contributed by atoms with Crippen LogP contribution in [-0.2, 0) is 21.3 Å². The molecule has 0 amide bonds. The Morgan fingerprint density at radius 1 is 1.31 bits per heavy atom. The minimum atomic E-state index is -3.85. The zero-order chi connectivity index (χ0) is 18.6. The van der Waals surface area contributed by atoms with Crippen LogP contribution in [0.1, 0.15) is 19.3 Å². The van der Waals surface area contributed by atoms with Crippen molar-refractivity contribution in [1.29, 1.82) is 0 Å². The zero-order valence-corrected chi connectivity index (χ0v) is 15.7. The van der Waals surface area contributed by atoms with Gasteiger partial charge in [0.15, 0.2) is 0 Å². The van der Waals surface area contributed by atoms with Crippen LogP contribution in [-0.4, -0.2) is 45.1 Å². The maximum Gasteiger partial charge on any atom is 0.265 e. The lowest BCUT2D eigenvalue weighted by Gasteiger charge is -2.22. The predicted octanol–water partition coefficient (Wildman–Crippen LogP) is 2.27. The Balaban J connectivity index is 1.75. The molecule has 1 aromatic carbocycles. The van der Waals surface area contributed by atoms with Crippen LogP contribution in [0.15, 0.2) is 35.5 Å². The third-order valence-corrected chi connectivity index (χ3v) is 5.61. The molecule has 1 fully saturated rings. The van der Waals surface area contributed by atoms with E-state index in [4.69, 9.17) is 14.2 Å². The van der Waals surface area contributed by atoms with E-state index in [1.54, 1.807) is 23.0 Å². The van der Waals surface area contributed by atoms with Crippen molar-refractivity contribution in [1.82, 2.24) is 9.78 Å². The number of aromatic nitrogens is 2. The second-order valence-corrected chi connectivity index (χ2v) is 7.71. The largest absolute Gasteiger partial charge is 0.497 e. The smallest absolute Gasteiger partial charge is 0.265 e. The molecule has 1 unspecified atom stereocenters. The van der Waals surface area contributed by atoms with Crippen molar-refractivity contribution in [3.63, 3.8) is 0 Å². The standard InChI is InChI=1S/C17H23N3O5S/c1-23-14-6-7-16(24-2)17(9-14)26(21,22)19-13-10-18-20(11-13)12-15-5-3-4-8-25-15/h6-7,9-11,15,19H,3-5,8,12H2,1-2H3. The van der Waals surface area contributed by atoms with Crippen LogP contribution in [0.5, 0.6) is 11.5 Å². The first-order valence-corrected chi connectivity index (χ1v) is 9.89. The number of hydrogen-bond acceptors (Lipinski definition) is 6. The quantitative estimate of drug-likeness (QED) is 0.791. The van der Waals surface area contributed by atoms with E-state index in [0.717, 1.165) is 25.9 Å². The number of hydrogen-bond donors (Lipinski definition) is 1. The van der Waals surface area contributed by atoms with E-state index in [-0.39, 0.29) is 16.7 Å². The molecule has 1 saturated heterocycles. The van der Waals surface area contributed by atoms with Gasteiger partial charge in [-0.05, 0) is 31.4 Å². The molecule has 0 spiro atoms. The summed E-state index contributed by atoms with van der Waals surface area (Å²) in [5.74, 6) is 0.664. The van der Waals surface area contributed by atoms with E-state index in [1.165, 1.54) is 26.5 Å². The van der Waals surface area contributed by atoms with Crippen LogP contribution in [0.3, 0.4) is 0 Å². The fourth-order valence-electron chi connectivity index (χ4n) is 2.88. The van der Waals surface area contributed by atoms with Crippen molar-refractivity contribution in [2.75, 3.05) is 25.5 Å². The Hall–Kier alpha value is -2.26. The molecule has 0 bridgehead atoms. The number of benzene rings is 1. The number of nitrogens with one attached hydrogen (secondary N) is 1. The Kier molecular flexibility index (Phi) is 5.67. The lowest BCUT2D eigenvalue weighted by atomic mass is 10.1. The van der Waals surface area contributed by atoms with E-state index in [1.807, 2.05) is 0 Å².